The highest BCUT2D eigenvalue weighted by Gasteiger charge is 2.21. The second-order valence-electron chi connectivity index (χ2n) is 6.14. The lowest BCUT2D eigenvalue weighted by atomic mass is 10.0. The predicted octanol–water partition coefficient (Wildman–Crippen LogP) is 4.12. The summed E-state index contributed by atoms with van der Waals surface area (Å²) < 4.78 is 5.20. The maximum absolute atomic E-state index is 12.6. The average Bonchev–Trinajstić information content (AvgIpc) is 3.04. The molecule has 0 aliphatic rings. The van der Waals surface area contributed by atoms with Crippen molar-refractivity contribution in [2.24, 2.45) is 0 Å². The molecule has 1 heterocycles. The first-order valence-corrected chi connectivity index (χ1v) is 8.11. The van der Waals surface area contributed by atoms with Crippen molar-refractivity contribution in [3.05, 3.63) is 59.8 Å². The van der Waals surface area contributed by atoms with Crippen LogP contribution in [-0.2, 0) is 4.79 Å². The summed E-state index contributed by atoms with van der Waals surface area (Å²) >= 11 is 0. The van der Waals surface area contributed by atoms with Crippen LogP contribution in [0.15, 0.2) is 48.7 Å². The molecular formula is C20H20N2O3. The number of carbonyl (C=O) groups excluding carboxylic acids is 2. The van der Waals surface area contributed by atoms with E-state index in [2.05, 4.69) is 10.3 Å². The average molecular weight is 336 g/mol. The molecule has 1 amide bonds. The van der Waals surface area contributed by atoms with Gasteiger partial charge < -0.3 is 15.0 Å². The van der Waals surface area contributed by atoms with Crippen LogP contribution in [0.4, 0.5) is 5.69 Å². The maximum Gasteiger partial charge on any atom is 0.296 e. The number of hydrogen-bond donors (Lipinski definition) is 2. The van der Waals surface area contributed by atoms with E-state index in [1.54, 1.807) is 31.5 Å². The van der Waals surface area contributed by atoms with Crippen molar-refractivity contribution in [1.29, 1.82) is 0 Å². The van der Waals surface area contributed by atoms with E-state index in [-0.39, 0.29) is 5.92 Å². The first-order chi connectivity index (χ1) is 12.0. The number of benzene rings is 2. The number of nitrogens with one attached hydrogen (secondary N) is 2. The number of fused-ring (bicyclic) bond motifs is 1. The zero-order valence-electron chi connectivity index (χ0n) is 14.4. The molecule has 0 spiro atoms. The first-order valence-electron chi connectivity index (χ1n) is 8.11. The van der Waals surface area contributed by atoms with Crippen LogP contribution in [0.1, 0.15) is 35.7 Å². The van der Waals surface area contributed by atoms with Crippen molar-refractivity contribution in [1.82, 2.24) is 4.98 Å². The van der Waals surface area contributed by atoms with Crippen molar-refractivity contribution in [2.45, 2.75) is 19.8 Å². The number of hydrogen-bond acceptors (Lipinski definition) is 3. The lowest BCUT2D eigenvalue weighted by Gasteiger charge is -2.13. The summed E-state index contributed by atoms with van der Waals surface area (Å²) in [5.41, 5.74) is 2.76. The Kier molecular flexibility index (Phi) is 4.57. The molecule has 3 aromatic rings. The first kappa shape index (κ1) is 16.8. The van der Waals surface area contributed by atoms with Gasteiger partial charge in [0, 0.05) is 22.8 Å². The van der Waals surface area contributed by atoms with Gasteiger partial charge in [0.1, 0.15) is 5.75 Å². The van der Waals surface area contributed by atoms with Crippen LogP contribution < -0.4 is 10.1 Å². The fourth-order valence-electron chi connectivity index (χ4n) is 2.83. The molecule has 0 unspecified atom stereocenters. The fraction of sp³-hybridized carbons (Fsp3) is 0.200. The topological polar surface area (TPSA) is 71.2 Å². The zero-order chi connectivity index (χ0) is 18.0. The van der Waals surface area contributed by atoms with Crippen molar-refractivity contribution in [3.63, 3.8) is 0 Å². The number of rotatable bonds is 5. The Balaban J connectivity index is 1.90. The summed E-state index contributed by atoms with van der Waals surface area (Å²) in [6.07, 6.45) is 1.56. The molecule has 0 aliphatic carbocycles. The Hall–Kier alpha value is -3.08. The van der Waals surface area contributed by atoms with Gasteiger partial charge in [-0.15, -0.1) is 0 Å². The van der Waals surface area contributed by atoms with Gasteiger partial charge in [-0.1, -0.05) is 32.0 Å². The van der Waals surface area contributed by atoms with Crippen LogP contribution in [0, 0.1) is 0 Å². The number of aromatic nitrogens is 1. The number of anilines is 1. The van der Waals surface area contributed by atoms with Gasteiger partial charge in [-0.2, -0.15) is 0 Å². The number of H-pyrrole nitrogens is 1. The van der Waals surface area contributed by atoms with E-state index >= 15 is 0 Å². The Morgan fingerprint density at radius 3 is 2.60 bits per heavy atom. The van der Waals surface area contributed by atoms with Gasteiger partial charge in [-0.3, -0.25) is 9.59 Å². The molecule has 0 atom stereocenters. The molecule has 25 heavy (non-hydrogen) atoms. The summed E-state index contributed by atoms with van der Waals surface area (Å²) in [5, 5.41) is 3.40. The van der Waals surface area contributed by atoms with Crippen LogP contribution in [0.2, 0.25) is 0 Å². The van der Waals surface area contributed by atoms with Gasteiger partial charge in [0.15, 0.2) is 0 Å². The SMILES string of the molecule is COc1ccc2[nH]cc(C(=O)C(=O)Nc3ccccc3C(C)C)c2c1. The van der Waals surface area contributed by atoms with Crippen molar-refractivity contribution >= 4 is 28.3 Å². The molecule has 2 N–H and O–H groups in total. The summed E-state index contributed by atoms with van der Waals surface area (Å²) in [5.74, 6) is -0.370. The van der Waals surface area contributed by atoms with Gasteiger partial charge in [-0.25, -0.2) is 0 Å². The summed E-state index contributed by atoms with van der Waals surface area (Å²) in [6, 6.07) is 12.9. The number of amides is 1. The molecule has 0 aliphatic heterocycles. The standard InChI is InChI=1S/C20H20N2O3/c1-12(2)14-6-4-5-7-18(14)22-20(24)19(23)16-11-21-17-9-8-13(25-3)10-15(16)17/h4-12,21H,1-3H3,(H,22,24). The molecule has 0 radical (unpaired) electrons. The van der Waals surface area contributed by atoms with Crippen LogP contribution >= 0.6 is 0 Å². The number of para-hydroxylation sites is 1. The third-order valence-corrected chi connectivity index (χ3v) is 4.17. The van der Waals surface area contributed by atoms with E-state index in [1.807, 2.05) is 38.1 Å². The number of aromatic amines is 1. The number of methoxy groups -OCH3 is 1. The van der Waals surface area contributed by atoms with Crippen molar-refractivity contribution < 1.29 is 14.3 Å². The largest absolute Gasteiger partial charge is 0.497 e. The van der Waals surface area contributed by atoms with Crippen molar-refractivity contribution in [2.75, 3.05) is 12.4 Å². The molecule has 0 saturated heterocycles. The van der Waals surface area contributed by atoms with Gasteiger partial charge >= 0.3 is 0 Å². The number of carbonyl (C=O) groups is 2. The van der Waals surface area contributed by atoms with Gasteiger partial charge in [0.05, 0.1) is 12.7 Å². The molecule has 5 heteroatoms. The maximum atomic E-state index is 12.6. The Morgan fingerprint density at radius 2 is 1.88 bits per heavy atom. The lowest BCUT2D eigenvalue weighted by molar-refractivity contribution is -0.112. The van der Waals surface area contributed by atoms with E-state index in [9.17, 15) is 9.59 Å². The molecule has 0 fully saturated rings. The second-order valence-corrected chi connectivity index (χ2v) is 6.14. The highest BCUT2D eigenvalue weighted by atomic mass is 16.5. The third-order valence-electron chi connectivity index (χ3n) is 4.17. The fourth-order valence-corrected chi connectivity index (χ4v) is 2.83. The number of ketones is 1. The molecular weight excluding hydrogens is 316 g/mol. The van der Waals surface area contributed by atoms with E-state index in [4.69, 9.17) is 4.74 Å². The van der Waals surface area contributed by atoms with Crippen LogP contribution in [0.25, 0.3) is 10.9 Å². The lowest BCUT2D eigenvalue weighted by Crippen LogP contribution is -2.23. The zero-order valence-corrected chi connectivity index (χ0v) is 14.4. The third kappa shape index (κ3) is 3.26. The van der Waals surface area contributed by atoms with Gasteiger partial charge in [0.25, 0.3) is 11.7 Å². The van der Waals surface area contributed by atoms with E-state index in [0.29, 0.717) is 22.4 Å². The summed E-state index contributed by atoms with van der Waals surface area (Å²) in [4.78, 5) is 28.1. The Labute approximate surface area is 146 Å². The normalized spacial score (nSPS) is 10.9. The van der Waals surface area contributed by atoms with Crippen LogP contribution in [-0.4, -0.2) is 23.8 Å². The molecule has 1 aromatic heterocycles. The highest BCUT2D eigenvalue weighted by Crippen LogP contribution is 2.26. The van der Waals surface area contributed by atoms with Gasteiger partial charge in [-0.05, 0) is 35.7 Å². The number of Topliss-reactive ketones (excluding diaryl/α,β-unsaturated/α-hetero) is 1. The molecule has 0 saturated carbocycles. The Bertz CT molecular complexity index is 941. The Morgan fingerprint density at radius 1 is 1.12 bits per heavy atom. The summed E-state index contributed by atoms with van der Waals surface area (Å²) in [7, 11) is 1.56. The molecule has 128 valence electrons. The smallest absolute Gasteiger partial charge is 0.296 e. The second kappa shape index (κ2) is 6.81. The molecule has 0 bridgehead atoms. The van der Waals surface area contributed by atoms with Crippen molar-refractivity contribution in [3.8, 4) is 5.75 Å². The quantitative estimate of drug-likeness (QED) is 0.544. The van der Waals surface area contributed by atoms with Gasteiger partial charge in [0.2, 0.25) is 0 Å². The number of ether oxygens (including phenoxy) is 1. The molecule has 5 nitrogen and oxygen atoms in total. The van der Waals surface area contributed by atoms with E-state index in [1.165, 1.54) is 0 Å². The minimum absolute atomic E-state index is 0.240. The minimum Gasteiger partial charge on any atom is -0.497 e. The van der Waals surface area contributed by atoms with Crippen LogP contribution in [0.5, 0.6) is 5.75 Å². The predicted molar refractivity (Wildman–Crippen MR) is 98.3 cm³/mol. The molecule has 3 rings (SSSR count). The van der Waals surface area contributed by atoms with Crippen LogP contribution in [0.3, 0.4) is 0 Å². The van der Waals surface area contributed by atoms with E-state index < -0.39 is 11.7 Å². The monoisotopic (exact) mass is 336 g/mol. The molecule has 2 aromatic carbocycles. The summed E-state index contributed by atoms with van der Waals surface area (Å²) in [6.45, 7) is 4.08. The minimum atomic E-state index is -0.656. The highest BCUT2D eigenvalue weighted by molar-refractivity contribution is 6.48. The van der Waals surface area contributed by atoms with E-state index in [0.717, 1.165) is 11.1 Å².